The van der Waals surface area contributed by atoms with Crippen LogP contribution in [0.4, 0.5) is 4.79 Å². The Bertz CT molecular complexity index is 970. The Kier molecular flexibility index (Phi) is 7.85. The molecular weight excluding hydrogens is 482 g/mol. The maximum atomic E-state index is 12.5. The molecule has 0 radical (unpaired) electrons. The van der Waals surface area contributed by atoms with Crippen molar-refractivity contribution in [2.24, 2.45) is 0 Å². The highest BCUT2D eigenvalue weighted by Gasteiger charge is 2.22. The average Bonchev–Trinajstić information content (AvgIpc) is 3.15. The first-order chi connectivity index (χ1) is 13.4. The number of imidazole rings is 1. The Morgan fingerprint density at radius 1 is 1.07 bits per heavy atom. The quantitative estimate of drug-likeness (QED) is 0.327. The lowest BCUT2D eigenvalue weighted by atomic mass is 10.1. The highest BCUT2D eigenvalue weighted by atomic mass is 35.5. The van der Waals surface area contributed by atoms with Gasteiger partial charge in [-0.3, -0.25) is 4.79 Å². The van der Waals surface area contributed by atoms with Crippen molar-refractivity contribution in [1.29, 1.82) is 0 Å². The van der Waals surface area contributed by atoms with E-state index in [1.807, 2.05) is 16.8 Å². The van der Waals surface area contributed by atoms with Crippen molar-refractivity contribution in [3.63, 3.8) is 0 Å². The number of nitrogens with zero attached hydrogens (tertiary/aromatic N) is 2. The van der Waals surface area contributed by atoms with E-state index in [9.17, 15) is 4.79 Å². The zero-order valence-electron chi connectivity index (χ0n) is 14.0. The van der Waals surface area contributed by atoms with Crippen LogP contribution < -0.4 is 4.18 Å². The third-order valence-corrected chi connectivity index (χ3v) is 6.67. The number of carbonyl (C=O) groups excluding carboxylic acids is 1. The summed E-state index contributed by atoms with van der Waals surface area (Å²) in [6.07, 6.45) is 5.18. The van der Waals surface area contributed by atoms with Gasteiger partial charge < -0.3 is 8.75 Å². The van der Waals surface area contributed by atoms with Gasteiger partial charge in [0, 0.05) is 35.1 Å². The molecule has 4 nitrogen and oxygen atoms in total. The van der Waals surface area contributed by atoms with Crippen LogP contribution in [0.5, 0.6) is 5.75 Å². The van der Waals surface area contributed by atoms with Crippen LogP contribution in [0.15, 0.2) is 55.1 Å². The van der Waals surface area contributed by atoms with Crippen LogP contribution in [-0.4, -0.2) is 14.0 Å². The van der Waals surface area contributed by atoms with E-state index in [1.54, 1.807) is 42.9 Å². The molecule has 10 heteroatoms. The number of hydrogen-bond acceptors (Lipinski definition) is 5. The number of hydrogen-bond donors (Lipinski definition) is 0. The molecule has 0 spiro atoms. The Morgan fingerprint density at radius 3 is 2.57 bits per heavy atom. The first-order valence-electron chi connectivity index (χ1n) is 7.83. The maximum absolute atomic E-state index is 12.5. The topological polar surface area (TPSA) is 44.1 Å². The Morgan fingerprint density at radius 2 is 1.89 bits per heavy atom. The molecule has 1 aromatic heterocycles. The summed E-state index contributed by atoms with van der Waals surface area (Å²) in [7, 11) is 0. The molecule has 1 unspecified atom stereocenters. The lowest BCUT2D eigenvalue weighted by molar-refractivity contribution is 0.275. The second-order valence-electron chi connectivity index (χ2n) is 5.52. The van der Waals surface area contributed by atoms with E-state index in [0.29, 0.717) is 44.4 Å². The molecule has 3 rings (SSSR count). The molecule has 1 atom stereocenters. The second kappa shape index (κ2) is 10.1. The van der Waals surface area contributed by atoms with Crippen LogP contribution in [0.3, 0.4) is 0 Å². The van der Waals surface area contributed by atoms with E-state index in [-0.39, 0.29) is 9.70 Å². The highest BCUT2D eigenvalue weighted by Crippen LogP contribution is 2.39. The summed E-state index contributed by atoms with van der Waals surface area (Å²) in [6, 6.07) is 10.0. The number of thioether (sulfide) groups is 1. The van der Waals surface area contributed by atoms with Crippen LogP contribution in [0.1, 0.15) is 10.8 Å². The molecule has 0 aliphatic carbocycles. The van der Waals surface area contributed by atoms with E-state index in [1.165, 1.54) is 0 Å². The monoisotopic (exact) mass is 492 g/mol. The summed E-state index contributed by atoms with van der Waals surface area (Å²) in [5.74, 6) is 0.434. The minimum absolute atomic E-state index is 0.234. The maximum Gasteiger partial charge on any atom is 0.285 e. The van der Waals surface area contributed by atoms with Gasteiger partial charge in [0.25, 0.3) is 4.45 Å². The summed E-state index contributed by atoms with van der Waals surface area (Å²) in [4.78, 5) is 16.5. The van der Waals surface area contributed by atoms with Gasteiger partial charge in [0.1, 0.15) is 17.8 Å². The van der Waals surface area contributed by atoms with Gasteiger partial charge in [-0.1, -0.05) is 64.2 Å². The minimum Gasteiger partial charge on any atom is -0.417 e. The molecule has 0 saturated carbocycles. The van der Waals surface area contributed by atoms with E-state index < -0.39 is 0 Å². The van der Waals surface area contributed by atoms with Gasteiger partial charge in [-0.2, -0.15) is 0 Å². The van der Waals surface area contributed by atoms with E-state index in [0.717, 1.165) is 17.3 Å². The van der Waals surface area contributed by atoms with Crippen molar-refractivity contribution in [1.82, 2.24) is 9.55 Å². The van der Waals surface area contributed by atoms with Gasteiger partial charge in [0.2, 0.25) is 0 Å². The smallest absolute Gasteiger partial charge is 0.285 e. The summed E-state index contributed by atoms with van der Waals surface area (Å²) in [5, 5.41) is 1.54. The Labute approximate surface area is 190 Å². The Hall–Kier alpha value is -1.02. The molecule has 0 bridgehead atoms. The molecule has 0 fully saturated rings. The fourth-order valence-electron chi connectivity index (χ4n) is 2.29. The predicted octanol–water partition coefficient (Wildman–Crippen LogP) is 7.82. The van der Waals surface area contributed by atoms with Gasteiger partial charge in [0.15, 0.2) is 0 Å². The highest BCUT2D eigenvalue weighted by molar-refractivity contribution is 8.37. The molecule has 0 N–H and O–H groups in total. The summed E-state index contributed by atoms with van der Waals surface area (Å²) in [6.45, 7) is 0.505. The number of benzene rings is 2. The Balaban J connectivity index is 1.71. The standard InChI is InChI=1S/C18H12Cl4N2O2S2/c19-11-1-3-13(15(21)7-11)17(9-24-6-5-23-10-24)27-18(25)28-26-12-2-4-14(20)16(22)8-12/h1-8,10,17H,9H2. The second-order valence-corrected chi connectivity index (χ2v) is 9.32. The van der Waals surface area contributed by atoms with Crippen LogP contribution in [-0.2, 0) is 6.54 Å². The molecular formula is C18H12Cl4N2O2S2. The third kappa shape index (κ3) is 5.99. The normalized spacial score (nSPS) is 12.0. The fraction of sp³-hybridized carbons (Fsp3) is 0.111. The number of rotatable bonds is 6. The zero-order chi connectivity index (χ0) is 20.1. The lowest BCUT2D eigenvalue weighted by Crippen LogP contribution is -2.07. The molecule has 28 heavy (non-hydrogen) atoms. The van der Waals surface area contributed by atoms with E-state index in [4.69, 9.17) is 50.6 Å². The number of carbonyl (C=O) groups is 1. The largest absolute Gasteiger partial charge is 0.417 e. The van der Waals surface area contributed by atoms with Crippen molar-refractivity contribution >= 4 is 74.7 Å². The first-order valence-corrected chi connectivity index (χ1v) is 11.0. The summed E-state index contributed by atoms with van der Waals surface area (Å²) in [5.41, 5.74) is 0.799. The molecule has 1 heterocycles. The first kappa shape index (κ1) is 21.7. The minimum atomic E-state index is -0.253. The van der Waals surface area contributed by atoms with Crippen molar-refractivity contribution in [2.45, 2.75) is 11.8 Å². The number of halogens is 4. The average molecular weight is 494 g/mol. The van der Waals surface area contributed by atoms with Crippen LogP contribution >= 0.6 is 70.2 Å². The molecule has 3 aromatic rings. The van der Waals surface area contributed by atoms with Crippen LogP contribution in [0.25, 0.3) is 0 Å². The van der Waals surface area contributed by atoms with Gasteiger partial charge in [-0.05, 0) is 29.8 Å². The van der Waals surface area contributed by atoms with Gasteiger partial charge in [0.05, 0.1) is 21.6 Å². The zero-order valence-corrected chi connectivity index (χ0v) is 18.7. The van der Waals surface area contributed by atoms with Crippen LogP contribution in [0.2, 0.25) is 20.1 Å². The number of aromatic nitrogens is 2. The van der Waals surface area contributed by atoms with Crippen molar-refractivity contribution in [3.8, 4) is 5.75 Å². The van der Waals surface area contributed by atoms with Crippen molar-refractivity contribution < 1.29 is 8.98 Å². The lowest BCUT2D eigenvalue weighted by Gasteiger charge is -2.18. The molecule has 0 amide bonds. The molecule has 146 valence electrons. The van der Waals surface area contributed by atoms with Gasteiger partial charge in [-0.15, -0.1) is 0 Å². The van der Waals surface area contributed by atoms with Gasteiger partial charge in [-0.25, -0.2) is 4.98 Å². The third-order valence-electron chi connectivity index (χ3n) is 3.58. The van der Waals surface area contributed by atoms with E-state index in [2.05, 4.69) is 4.98 Å². The fourth-order valence-corrected chi connectivity index (χ4v) is 4.87. The van der Waals surface area contributed by atoms with Gasteiger partial charge >= 0.3 is 0 Å². The molecule has 2 aromatic carbocycles. The van der Waals surface area contributed by atoms with Crippen molar-refractivity contribution in [3.05, 3.63) is 80.8 Å². The van der Waals surface area contributed by atoms with Crippen LogP contribution in [0, 0.1) is 0 Å². The van der Waals surface area contributed by atoms with Crippen molar-refractivity contribution in [2.75, 3.05) is 0 Å². The van der Waals surface area contributed by atoms with E-state index >= 15 is 0 Å². The molecule has 0 aliphatic rings. The summed E-state index contributed by atoms with van der Waals surface area (Å²) < 4.78 is 7.10. The predicted molar refractivity (Wildman–Crippen MR) is 119 cm³/mol. The SMILES string of the molecule is O=C(SOc1ccc(Cl)c(Cl)c1)SC(Cn1ccnc1)c1ccc(Cl)cc1Cl. The summed E-state index contributed by atoms with van der Waals surface area (Å²) >= 11 is 26.0. The molecule has 0 saturated heterocycles. The molecule has 0 aliphatic heterocycles.